The molecule has 0 aromatic carbocycles. The molecule has 0 amide bonds. The van der Waals surface area contributed by atoms with Gasteiger partial charge in [-0.15, -0.1) is 0 Å². The van der Waals surface area contributed by atoms with Gasteiger partial charge in [-0.1, -0.05) is 20.3 Å². The van der Waals surface area contributed by atoms with E-state index in [1.807, 2.05) is 0 Å². The Bertz CT molecular complexity index is 426. The molecule has 112 valence electrons. The average Bonchev–Trinajstić information content (AvgIpc) is 2.89. The van der Waals surface area contributed by atoms with E-state index in [0.29, 0.717) is 6.04 Å². The van der Waals surface area contributed by atoms with Crippen LogP contribution in [-0.4, -0.2) is 27.0 Å². The molecule has 0 saturated heterocycles. The molecule has 0 radical (unpaired) electrons. The van der Waals surface area contributed by atoms with Gasteiger partial charge in [0.2, 0.25) is 0 Å². The van der Waals surface area contributed by atoms with Crippen LogP contribution in [0.1, 0.15) is 45.1 Å². The van der Waals surface area contributed by atoms with Crippen molar-refractivity contribution in [3.8, 4) is 0 Å². The summed E-state index contributed by atoms with van der Waals surface area (Å²) in [6, 6.07) is 0.523. The first kappa shape index (κ1) is 15.4. The van der Waals surface area contributed by atoms with Crippen LogP contribution >= 0.6 is 11.8 Å². The van der Waals surface area contributed by atoms with E-state index in [4.69, 9.17) is 5.84 Å². The first-order chi connectivity index (χ1) is 9.78. The molecule has 1 aliphatic rings. The van der Waals surface area contributed by atoms with Crippen molar-refractivity contribution in [3.63, 3.8) is 0 Å². The number of hydrogen-bond donors (Lipinski definition) is 3. The van der Waals surface area contributed by atoms with Gasteiger partial charge in [-0.05, 0) is 31.4 Å². The van der Waals surface area contributed by atoms with Gasteiger partial charge in [-0.3, -0.25) is 0 Å². The average molecular weight is 295 g/mol. The van der Waals surface area contributed by atoms with E-state index in [9.17, 15) is 0 Å². The van der Waals surface area contributed by atoms with Crippen molar-refractivity contribution >= 4 is 23.4 Å². The first-order valence-corrected chi connectivity index (χ1v) is 8.51. The number of nitrogens with two attached hydrogens (primary N) is 1. The van der Waals surface area contributed by atoms with Crippen LogP contribution in [-0.2, 0) is 6.42 Å². The molecule has 4 N–H and O–H groups in total. The minimum absolute atomic E-state index is 0.523. The topological polar surface area (TPSA) is 75.9 Å². The van der Waals surface area contributed by atoms with Crippen molar-refractivity contribution in [1.29, 1.82) is 0 Å². The van der Waals surface area contributed by atoms with Crippen molar-refractivity contribution in [3.05, 3.63) is 11.9 Å². The van der Waals surface area contributed by atoms with Crippen LogP contribution in [0.15, 0.2) is 6.33 Å². The van der Waals surface area contributed by atoms with Crippen molar-refractivity contribution < 1.29 is 0 Å². The minimum atomic E-state index is 0.523. The van der Waals surface area contributed by atoms with Gasteiger partial charge in [0.25, 0.3) is 0 Å². The SMILES string of the molecule is CCCc1c(NN)ncnc1NC1CCC(SCC)C1. The number of nitrogens with zero attached hydrogens (tertiary/aromatic N) is 2. The van der Waals surface area contributed by atoms with Crippen LogP contribution in [0.25, 0.3) is 0 Å². The number of hydrazine groups is 1. The molecular formula is C14H25N5S. The molecule has 2 atom stereocenters. The highest BCUT2D eigenvalue weighted by Crippen LogP contribution is 2.32. The summed E-state index contributed by atoms with van der Waals surface area (Å²) in [5, 5.41) is 4.39. The van der Waals surface area contributed by atoms with E-state index >= 15 is 0 Å². The largest absolute Gasteiger partial charge is 0.367 e. The van der Waals surface area contributed by atoms with E-state index in [-0.39, 0.29) is 0 Å². The molecule has 1 heterocycles. The van der Waals surface area contributed by atoms with Crippen LogP contribution in [0.3, 0.4) is 0 Å². The fourth-order valence-electron chi connectivity index (χ4n) is 2.80. The Labute approximate surface area is 125 Å². The number of anilines is 2. The summed E-state index contributed by atoms with van der Waals surface area (Å²) in [6.45, 7) is 4.38. The molecule has 20 heavy (non-hydrogen) atoms. The van der Waals surface area contributed by atoms with Crippen LogP contribution in [0.2, 0.25) is 0 Å². The lowest BCUT2D eigenvalue weighted by Gasteiger charge is -2.18. The summed E-state index contributed by atoms with van der Waals surface area (Å²) in [5.74, 6) is 8.43. The summed E-state index contributed by atoms with van der Waals surface area (Å²) in [4.78, 5) is 8.62. The molecule has 0 bridgehead atoms. The fraction of sp³-hybridized carbons (Fsp3) is 0.714. The van der Waals surface area contributed by atoms with Gasteiger partial charge in [-0.25, -0.2) is 15.8 Å². The smallest absolute Gasteiger partial charge is 0.148 e. The quantitative estimate of drug-likeness (QED) is 0.530. The molecule has 1 fully saturated rings. The van der Waals surface area contributed by atoms with E-state index in [0.717, 1.165) is 35.3 Å². The first-order valence-electron chi connectivity index (χ1n) is 7.47. The third-order valence-corrected chi connectivity index (χ3v) is 4.94. The van der Waals surface area contributed by atoms with E-state index < -0.39 is 0 Å². The third kappa shape index (κ3) is 3.76. The summed E-state index contributed by atoms with van der Waals surface area (Å²) in [7, 11) is 0. The molecule has 1 aliphatic carbocycles. The Morgan fingerprint density at radius 1 is 1.30 bits per heavy atom. The molecule has 2 unspecified atom stereocenters. The van der Waals surface area contributed by atoms with Crippen LogP contribution in [0, 0.1) is 0 Å². The third-order valence-electron chi connectivity index (χ3n) is 3.71. The molecule has 0 spiro atoms. The molecule has 1 aromatic rings. The zero-order chi connectivity index (χ0) is 14.4. The number of thioether (sulfide) groups is 1. The molecular weight excluding hydrogens is 270 g/mol. The molecule has 1 aromatic heterocycles. The Morgan fingerprint density at radius 2 is 2.10 bits per heavy atom. The summed E-state index contributed by atoms with van der Waals surface area (Å²) in [6.07, 6.45) is 7.30. The summed E-state index contributed by atoms with van der Waals surface area (Å²) in [5.41, 5.74) is 3.78. The number of nitrogens with one attached hydrogen (secondary N) is 2. The van der Waals surface area contributed by atoms with Crippen LogP contribution in [0.5, 0.6) is 0 Å². The van der Waals surface area contributed by atoms with Crippen LogP contribution < -0.4 is 16.6 Å². The Hall–Kier alpha value is -1.01. The molecule has 5 nitrogen and oxygen atoms in total. The van der Waals surface area contributed by atoms with Crippen molar-refractivity contribution in [2.45, 2.75) is 57.2 Å². The van der Waals surface area contributed by atoms with E-state index in [2.05, 4.69) is 46.3 Å². The van der Waals surface area contributed by atoms with E-state index in [1.54, 1.807) is 6.33 Å². The normalized spacial score (nSPS) is 21.9. The van der Waals surface area contributed by atoms with Gasteiger partial charge < -0.3 is 10.7 Å². The van der Waals surface area contributed by atoms with Gasteiger partial charge >= 0.3 is 0 Å². The van der Waals surface area contributed by atoms with Gasteiger partial charge in [0, 0.05) is 16.9 Å². The van der Waals surface area contributed by atoms with Crippen LogP contribution in [0.4, 0.5) is 11.6 Å². The van der Waals surface area contributed by atoms with Crippen molar-refractivity contribution in [1.82, 2.24) is 9.97 Å². The predicted molar refractivity (Wildman–Crippen MR) is 87.0 cm³/mol. The maximum absolute atomic E-state index is 5.55. The maximum atomic E-state index is 5.55. The minimum Gasteiger partial charge on any atom is -0.367 e. The lowest BCUT2D eigenvalue weighted by molar-refractivity contribution is 0.746. The number of nitrogen functional groups attached to an aromatic ring is 1. The Morgan fingerprint density at radius 3 is 2.80 bits per heavy atom. The van der Waals surface area contributed by atoms with Gasteiger partial charge in [0.15, 0.2) is 0 Å². The Kier molecular flexibility index (Phi) is 5.91. The fourth-order valence-corrected chi connectivity index (χ4v) is 3.94. The molecule has 0 aliphatic heterocycles. The van der Waals surface area contributed by atoms with Gasteiger partial charge in [0.1, 0.15) is 18.0 Å². The highest BCUT2D eigenvalue weighted by atomic mass is 32.2. The molecule has 2 rings (SSSR count). The number of aromatic nitrogens is 2. The lowest BCUT2D eigenvalue weighted by atomic mass is 10.1. The predicted octanol–water partition coefficient (Wildman–Crippen LogP) is 2.80. The standard InChI is InChI=1S/C14H25N5S/c1-3-5-12-13(16-9-17-14(12)19-15)18-10-6-7-11(8-10)20-4-2/h9-11H,3-8,15H2,1-2H3,(H2,16,17,18,19). The number of rotatable bonds is 7. The second kappa shape index (κ2) is 7.69. The highest BCUT2D eigenvalue weighted by Gasteiger charge is 2.25. The summed E-state index contributed by atoms with van der Waals surface area (Å²) >= 11 is 2.07. The van der Waals surface area contributed by atoms with Crippen molar-refractivity contribution in [2.75, 3.05) is 16.5 Å². The van der Waals surface area contributed by atoms with Gasteiger partial charge in [0.05, 0.1) is 0 Å². The van der Waals surface area contributed by atoms with E-state index in [1.165, 1.54) is 25.0 Å². The number of hydrogen-bond acceptors (Lipinski definition) is 6. The zero-order valence-corrected chi connectivity index (χ0v) is 13.2. The monoisotopic (exact) mass is 295 g/mol. The highest BCUT2D eigenvalue weighted by molar-refractivity contribution is 7.99. The second-order valence-corrected chi connectivity index (χ2v) is 6.75. The van der Waals surface area contributed by atoms with Gasteiger partial charge in [-0.2, -0.15) is 11.8 Å². The molecule has 6 heteroatoms. The molecule has 1 saturated carbocycles. The van der Waals surface area contributed by atoms with Crippen molar-refractivity contribution in [2.24, 2.45) is 5.84 Å². The second-order valence-electron chi connectivity index (χ2n) is 5.18. The maximum Gasteiger partial charge on any atom is 0.148 e. The zero-order valence-electron chi connectivity index (χ0n) is 12.4. The lowest BCUT2D eigenvalue weighted by Crippen LogP contribution is -2.20. The Balaban J connectivity index is 2.05. The summed E-state index contributed by atoms with van der Waals surface area (Å²) < 4.78 is 0.